The molecule has 2 aromatic heterocycles. The lowest BCUT2D eigenvalue weighted by molar-refractivity contribution is 0.0633. The van der Waals surface area contributed by atoms with Crippen LogP contribution in [0.15, 0.2) is 16.9 Å². The first-order valence-electron chi connectivity index (χ1n) is 6.36. The number of amides is 1. The van der Waals surface area contributed by atoms with Crippen LogP contribution in [0.5, 0.6) is 0 Å². The van der Waals surface area contributed by atoms with Crippen LogP contribution < -0.4 is 0 Å². The number of nitrogens with one attached hydrogen (secondary N) is 1. The maximum atomic E-state index is 12.2. The molecular formula is C12H15N5O2. The van der Waals surface area contributed by atoms with Crippen molar-refractivity contribution in [2.24, 2.45) is 5.92 Å². The zero-order valence-electron chi connectivity index (χ0n) is 10.7. The molecule has 2 aromatic rings. The van der Waals surface area contributed by atoms with Gasteiger partial charge in [0.05, 0.1) is 11.8 Å². The van der Waals surface area contributed by atoms with Crippen LogP contribution in [0.1, 0.15) is 30.5 Å². The largest absolute Gasteiger partial charge is 0.334 e. The summed E-state index contributed by atoms with van der Waals surface area (Å²) in [5, 5.41) is 10.3. The summed E-state index contributed by atoms with van der Waals surface area (Å²) in [4.78, 5) is 18.1. The fourth-order valence-corrected chi connectivity index (χ4v) is 2.31. The van der Waals surface area contributed by atoms with E-state index in [0.717, 1.165) is 25.9 Å². The van der Waals surface area contributed by atoms with Crippen molar-refractivity contribution in [3.05, 3.63) is 18.3 Å². The number of hydrogen-bond donors (Lipinski definition) is 1. The molecule has 19 heavy (non-hydrogen) atoms. The van der Waals surface area contributed by atoms with Gasteiger partial charge >= 0.3 is 11.8 Å². The predicted molar refractivity (Wildman–Crippen MR) is 66.2 cm³/mol. The monoisotopic (exact) mass is 261 g/mol. The summed E-state index contributed by atoms with van der Waals surface area (Å²) >= 11 is 0. The van der Waals surface area contributed by atoms with E-state index < -0.39 is 0 Å². The molecule has 7 nitrogen and oxygen atoms in total. The molecule has 1 saturated heterocycles. The molecule has 1 N–H and O–H groups in total. The predicted octanol–water partition coefficient (Wildman–Crippen LogP) is 1.33. The normalized spacial score (nSPS) is 19.6. The number of carbonyl (C=O) groups excluding carboxylic acids is 1. The minimum Gasteiger partial charge on any atom is -0.334 e. The number of aromatic nitrogens is 4. The molecule has 1 aliphatic rings. The number of carbonyl (C=O) groups is 1. The SMILES string of the molecule is CC1CCCN(C(=O)c2nc(-c3cn[nH]c3)no2)C1. The van der Waals surface area contributed by atoms with Gasteiger partial charge in [0, 0.05) is 19.3 Å². The molecule has 0 spiro atoms. The Hall–Kier alpha value is -2.18. The van der Waals surface area contributed by atoms with Crippen LogP contribution >= 0.6 is 0 Å². The molecule has 3 heterocycles. The summed E-state index contributed by atoms with van der Waals surface area (Å²) in [6.07, 6.45) is 5.42. The standard InChI is InChI=1S/C12H15N5O2/c1-8-3-2-4-17(7-8)12(18)11-15-10(16-19-11)9-5-13-14-6-9/h5-6,8H,2-4,7H2,1H3,(H,13,14). The molecule has 1 fully saturated rings. The first-order chi connectivity index (χ1) is 9.24. The summed E-state index contributed by atoms with van der Waals surface area (Å²) in [5.74, 6) is 0.759. The zero-order chi connectivity index (χ0) is 13.2. The molecule has 1 amide bonds. The average molecular weight is 261 g/mol. The quantitative estimate of drug-likeness (QED) is 0.881. The van der Waals surface area contributed by atoms with Crippen LogP contribution in [-0.4, -0.2) is 44.2 Å². The molecule has 3 rings (SSSR count). The lowest BCUT2D eigenvalue weighted by atomic mass is 10.0. The van der Waals surface area contributed by atoms with E-state index >= 15 is 0 Å². The topological polar surface area (TPSA) is 87.9 Å². The van der Waals surface area contributed by atoms with Crippen molar-refractivity contribution in [1.82, 2.24) is 25.2 Å². The Morgan fingerprint density at radius 2 is 2.47 bits per heavy atom. The van der Waals surface area contributed by atoms with Crippen LogP contribution in [0.4, 0.5) is 0 Å². The van der Waals surface area contributed by atoms with Crippen molar-refractivity contribution in [2.45, 2.75) is 19.8 Å². The first kappa shape index (κ1) is 11.9. The molecule has 0 aromatic carbocycles. The van der Waals surface area contributed by atoms with E-state index in [0.29, 0.717) is 17.3 Å². The Kier molecular flexibility index (Phi) is 3.02. The van der Waals surface area contributed by atoms with Crippen molar-refractivity contribution < 1.29 is 9.32 Å². The van der Waals surface area contributed by atoms with E-state index in [4.69, 9.17) is 4.52 Å². The maximum absolute atomic E-state index is 12.2. The number of aromatic amines is 1. The Morgan fingerprint density at radius 3 is 3.21 bits per heavy atom. The van der Waals surface area contributed by atoms with Gasteiger partial charge in [-0.1, -0.05) is 12.1 Å². The summed E-state index contributed by atoms with van der Waals surface area (Å²) in [6.45, 7) is 3.65. The van der Waals surface area contributed by atoms with Crippen LogP contribution in [0.25, 0.3) is 11.4 Å². The third-order valence-corrected chi connectivity index (χ3v) is 3.31. The lowest BCUT2D eigenvalue weighted by Crippen LogP contribution is -2.39. The van der Waals surface area contributed by atoms with E-state index in [1.165, 1.54) is 0 Å². The van der Waals surface area contributed by atoms with Crippen molar-refractivity contribution in [3.63, 3.8) is 0 Å². The van der Waals surface area contributed by atoms with Crippen molar-refractivity contribution in [3.8, 4) is 11.4 Å². The van der Waals surface area contributed by atoms with Crippen molar-refractivity contribution in [1.29, 1.82) is 0 Å². The molecule has 0 saturated carbocycles. The molecule has 7 heteroatoms. The second-order valence-corrected chi connectivity index (χ2v) is 4.91. The van der Waals surface area contributed by atoms with Crippen LogP contribution in [-0.2, 0) is 0 Å². The van der Waals surface area contributed by atoms with Gasteiger partial charge in [-0.3, -0.25) is 9.89 Å². The molecule has 0 aliphatic carbocycles. The van der Waals surface area contributed by atoms with E-state index in [1.807, 2.05) is 0 Å². The van der Waals surface area contributed by atoms with Crippen LogP contribution in [0.3, 0.4) is 0 Å². The fourth-order valence-electron chi connectivity index (χ4n) is 2.31. The highest BCUT2D eigenvalue weighted by Crippen LogP contribution is 2.19. The smallest absolute Gasteiger partial charge is 0.316 e. The van der Waals surface area contributed by atoms with Crippen molar-refractivity contribution in [2.75, 3.05) is 13.1 Å². The molecule has 1 aliphatic heterocycles. The van der Waals surface area contributed by atoms with Gasteiger partial charge in [-0.2, -0.15) is 10.1 Å². The number of piperidine rings is 1. The number of H-pyrrole nitrogens is 1. The third-order valence-electron chi connectivity index (χ3n) is 3.31. The fraction of sp³-hybridized carbons (Fsp3) is 0.500. The minimum absolute atomic E-state index is 0.0466. The van der Waals surface area contributed by atoms with Crippen molar-refractivity contribution >= 4 is 5.91 Å². The van der Waals surface area contributed by atoms with Gasteiger partial charge in [0.2, 0.25) is 5.82 Å². The number of nitrogens with zero attached hydrogens (tertiary/aromatic N) is 4. The Balaban J connectivity index is 1.77. The van der Waals surface area contributed by atoms with E-state index in [-0.39, 0.29) is 11.8 Å². The number of hydrogen-bond acceptors (Lipinski definition) is 5. The molecule has 0 bridgehead atoms. The van der Waals surface area contributed by atoms with E-state index in [1.54, 1.807) is 17.3 Å². The van der Waals surface area contributed by atoms with Crippen LogP contribution in [0, 0.1) is 5.92 Å². The molecule has 100 valence electrons. The highest BCUT2D eigenvalue weighted by molar-refractivity contribution is 5.90. The summed E-state index contributed by atoms with van der Waals surface area (Å²) in [7, 11) is 0. The Bertz CT molecular complexity index is 562. The van der Waals surface area contributed by atoms with Gasteiger partial charge in [-0.05, 0) is 18.8 Å². The Labute approximate surface area is 110 Å². The molecule has 1 unspecified atom stereocenters. The second-order valence-electron chi connectivity index (χ2n) is 4.91. The maximum Gasteiger partial charge on any atom is 0.316 e. The summed E-state index contributed by atoms with van der Waals surface area (Å²) < 4.78 is 5.04. The zero-order valence-corrected chi connectivity index (χ0v) is 10.7. The minimum atomic E-state index is -0.186. The van der Waals surface area contributed by atoms with E-state index in [9.17, 15) is 4.79 Å². The van der Waals surface area contributed by atoms with Gasteiger partial charge in [-0.15, -0.1) is 0 Å². The highest BCUT2D eigenvalue weighted by atomic mass is 16.5. The molecular weight excluding hydrogens is 246 g/mol. The van der Waals surface area contributed by atoms with Gasteiger partial charge in [-0.25, -0.2) is 0 Å². The summed E-state index contributed by atoms with van der Waals surface area (Å²) in [6, 6.07) is 0. The second kappa shape index (κ2) is 4.83. The van der Waals surface area contributed by atoms with Gasteiger partial charge < -0.3 is 9.42 Å². The number of rotatable bonds is 2. The van der Waals surface area contributed by atoms with Gasteiger partial charge in [0.25, 0.3) is 0 Å². The summed E-state index contributed by atoms with van der Waals surface area (Å²) in [5.41, 5.74) is 0.704. The van der Waals surface area contributed by atoms with Gasteiger partial charge in [0.15, 0.2) is 0 Å². The molecule has 0 radical (unpaired) electrons. The highest BCUT2D eigenvalue weighted by Gasteiger charge is 2.26. The van der Waals surface area contributed by atoms with Crippen LogP contribution in [0.2, 0.25) is 0 Å². The van der Waals surface area contributed by atoms with E-state index in [2.05, 4.69) is 27.3 Å². The molecule has 1 atom stereocenters. The average Bonchev–Trinajstić information content (AvgIpc) is 3.08. The number of likely N-dealkylation sites (tertiary alicyclic amines) is 1. The lowest BCUT2D eigenvalue weighted by Gasteiger charge is -2.29. The van der Waals surface area contributed by atoms with Gasteiger partial charge in [0.1, 0.15) is 0 Å². The Morgan fingerprint density at radius 1 is 1.58 bits per heavy atom. The third kappa shape index (κ3) is 2.35. The first-order valence-corrected chi connectivity index (χ1v) is 6.36.